The van der Waals surface area contributed by atoms with Gasteiger partial charge in [-0.25, -0.2) is 4.99 Å². The zero-order valence-electron chi connectivity index (χ0n) is 8.18. The Balaban J connectivity index is 2.80. The first-order valence-electron chi connectivity index (χ1n) is 4.52. The van der Waals surface area contributed by atoms with Gasteiger partial charge < -0.3 is 4.74 Å². The van der Waals surface area contributed by atoms with Crippen LogP contribution in [0.2, 0.25) is 0 Å². The molecule has 2 heteroatoms. The topological polar surface area (TPSA) is 21.6 Å². The largest absolute Gasteiger partial charge is 0.475 e. The predicted octanol–water partition coefficient (Wildman–Crippen LogP) is 2.55. The molecule has 0 aliphatic carbocycles. The van der Waals surface area contributed by atoms with E-state index in [0.29, 0.717) is 0 Å². The lowest BCUT2D eigenvalue weighted by Crippen LogP contribution is -2.25. The number of hydrogen-bond donors (Lipinski definition) is 0. The lowest BCUT2D eigenvalue weighted by atomic mass is 9.96. The van der Waals surface area contributed by atoms with Gasteiger partial charge in [0.05, 0.1) is 5.54 Å². The highest BCUT2D eigenvalue weighted by atomic mass is 16.5. The number of aliphatic imine (C=N–C) groups is 1. The van der Waals surface area contributed by atoms with Crippen LogP contribution in [0.3, 0.4) is 0 Å². The second kappa shape index (κ2) is 3.30. The number of nitrogens with zero attached hydrogens (tertiary/aromatic N) is 1. The van der Waals surface area contributed by atoms with E-state index in [4.69, 9.17) is 4.74 Å². The molecule has 0 aromatic rings. The van der Waals surface area contributed by atoms with E-state index in [2.05, 4.69) is 25.4 Å². The summed E-state index contributed by atoms with van der Waals surface area (Å²) < 4.78 is 5.46. The first kappa shape index (κ1) is 9.30. The standard InChI is InChI=1S/C10H17NO/c1-5-10(6-2)7-12-9(11-10)8(3)4/h3,5-7H2,1-2,4H3. The lowest BCUT2D eigenvalue weighted by molar-refractivity contribution is 0.244. The fourth-order valence-corrected chi connectivity index (χ4v) is 1.31. The molecule has 1 rings (SSSR count). The van der Waals surface area contributed by atoms with Gasteiger partial charge in [-0.2, -0.15) is 0 Å². The van der Waals surface area contributed by atoms with E-state index in [1.54, 1.807) is 0 Å². The van der Waals surface area contributed by atoms with Crippen molar-refractivity contribution >= 4 is 5.90 Å². The normalized spacial score (nSPS) is 20.1. The monoisotopic (exact) mass is 167 g/mol. The molecule has 2 nitrogen and oxygen atoms in total. The van der Waals surface area contributed by atoms with Gasteiger partial charge in [-0.05, 0) is 19.8 Å². The van der Waals surface area contributed by atoms with Gasteiger partial charge in [0.25, 0.3) is 0 Å². The van der Waals surface area contributed by atoms with Gasteiger partial charge >= 0.3 is 0 Å². The summed E-state index contributed by atoms with van der Waals surface area (Å²) >= 11 is 0. The first-order valence-corrected chi connectivity index (χ1v) is 4.52. The van der Waals surface area contributed by atoms with Crippen LogP contribution in [0.5, 0.6) is 0 Å². The van der Waals surface area contributed by atoms with Gasteiger partial charge in [0.15, 0.2) is 0 Å². The van der Waals surface area contributed by atoms with E-state index in [0.717, 1.165) is 30.9 Å². The molecular formula is C10H17NO. The van der Waals surface area contributed by atoms with Crippen LogP contribution in [-0.4, -0.2) is 18.0 Å². The zero-order valence-corrected chi connectivity index (χ0v) is 8.18. The first-order chi connectivity index (χ1) is 5.63. The molecule has 0 radical (unpaired) electrons. The summed E-state index contributed by atoms with van der Waals surface area (Å²) in [4.78, 5) is 4.55. The summed E-state index contributed by atoms with van der Waals surface area (Å²) in [5.74, 6) is 0.749. The SMILES string of the molecule is C=C(C)C1=NC(CC)(CC)CO1. The maximum atomic E-state index is 5.46. The molecule has 0 saturated carbocycles. The van der Waals surface area contributed by atoms with Gasteiger partial charge in [0, 0.05) is 5.57 Å². The van der Waals surface area contributed by atoms with Crippen molar-refractivity contribution in [2.45, 2.75) is 39.2 Å². The van der Waals surface area contributed by atoms with Gasteiger partial charge in [0.2, 0.25) is 5.90 Å². The number of hydrogen-bond acceptors (Lipinski definition) is 2. The highest BCUT2D eigenvalue weighted by molar-refractivity contribution is 5.93. The van der Waals surface area contributed by atoms with Crippen molar-refractivity contribution in [2.24, 2.45) is 4.99 Å². The van der Waals surface area contributed by atoms with Crippen molar-refractivity contribution in [3.05, 3.63) is 12.2 Å². The molecule has 0 spiro atoms. The highest BCUT2D eigenvalue weighted by Gasteiger charge is 2.32. The third kappa shape index (κ3) is 1.52. The minimum absolute atomic E-state index is 0.0360. The molecule has 1 aliphatic heterocycles. The van der Waals surface area contributed by atoms with Gasteiger partial charge in [0.1, 0.15) is 6.61 Å². The molecule has 0 fully saturated rings. The molecule has 0 bridgehead atoms. The molecule has 0 saturated heterocycles. The average molecular weight is 167 g/mol. The van der Waals surface area contributed by atoms with Crippen molar-refractivity contribution in [2.75, 3.05) is 6.61 Å². The Bertz CT molecular complexity index is 214. The van der Waals surface area contributed by atoms with E-state index >= 15 is 0 Å². The summed E-state index contributed by atoms with van der Waals surface area (Å²) in [5.41, 5.74) is 0.965. The van der Waals surface area contributed by atoms with Crippen LogP contribution >= 0.6 is 0 Å². The fourth-order valence-electron chi connectivity index (χ4n) is 1.31. The maximum Gasteiger partial charge on any atom is 0.211 e. The van der Waals surface area contributed by atoms with E-state index in [-0.39, 0.29) is 5.54 Å². The summed E-state index contributed by atoms with van der Waals surface area (Å²) in [7, 11) is 0. The van der Waals surface area contributed by atoms with Crippen LogP contribution in [0.1, 0.15) is 33.6 Å². The molecule has 0 amide bonds. The van der Waals surface area contributed by atoms with Gasteiger partial charge in [-0.3, -0.25) is 0 Å². The summed E-state index contributed by atoms with van der Waals surface area (Å²) in [6, 6.07) is 0. The Morgan fingerprint density at radius 3 is 2.42 bits per heavy atom. The molecule has 1 aliphatic rings. The predicted molar refractivity (Wildman–Crippen MR) is 51.5 cm³/mol. The van der Waals surface area contributed by atoms with E-state index in [1.165, 1.54) is 0 Å². The molecular weight excluding hydrogens is 150 g/mol. The highest BCUT2D eigenvalue weighted by Crippen LogP contribution is 2.27. The molecule has 1 heterocycles. The van der Waals surface area contributed by atoms with Crippen LogP contribution in [-0.2, 0) is 4.74 Å². The van der Waals surface area contributed by atoms with Crippen molar-refractivity contribution in [3.63, 3.8) is 0 Å². The number of rotatable bonds is 3. The zero-order chi connectivity index (χ0) is 9.19. The Kier molecular flexibility index (Phi) is 2.55. The van der Waals surface area contributed by atoms with Crippen molar-refractivity contribution < 1.29 is 4.74 Å². The lowest BCUT2D eigenvalue weighted by Gasteiger charge is -2.18. The van der Waals surface area contributed by atoms with Gasteiger partial charge in [-0.15, -0.1) is 0 Å². The Morgan fingerprint density at radius 1 is 1.58 bits per heavy atom. The fraction of sp³-hybridized carbons (Fsp3) is 0.700. The van der Waals surface area contributed by atoms with Crippen molar-refractivity contribution in [1.29, 1.82) is 0 Å². The molecule has 0 aromatic carbocycles. The van der Waals surface area contributed by atoms with Gasteiger partial charge in [-0.1, -0.05) is 20.4 Å². The third-order valence-corrected chi connectivity index (χ3v) is 2.50. The minimum Gasteiger partial charge on any atom is -0.475 e. The van der Waals surface area contributed by atoms with Crippen molar-refractivity contribution in [1.82, 2.24) is 0 Å². The Labute approximate surface area is 74.3 Å². The van der Waals surface area contributed by atoms with E-state index in [1.807, 2.05) is 6.92 Å². The summed E-state index contributed by atoms with van der Waals surface area (Å²) in [5, 5.41) is 0. The van der Waals surface area contributed by atoms with Crippen LogP contribution in [0.25, 0.3) is 0 Å². The second-order valence-electron chi connectivity index (χ2n) is 3.42. The quantitative estimate of drug-likeness (QED) is 0.633. The van der Waals surface area contributed by atoms with Crippen LogP contribution in [0, 0.1) is 0 Å². The maximum absolute atomic E-state index is 5.46. The van der Waals surface area contributed by atoms with Crippen LogP contribution in [0.4, 0.5) is 0 Å². The summed E-state index contributed by atoms with van der Waals surface area (Å²) in [6.45, 7) is 10.8. The Morgan fingerprint density at radius 2 is 2.17 bits per heavy atom. The van der Waals surface area contributed by atoms with Crippen LogP contribution < -0.4 is 0 Å². The smallest absolute Gasteiger partial charge is 0.211 e. The number of ether oxygens (including phenoxy) is 1. The molecule has 0 aromatic heterocycles. The van der Waals surface area contributed by atoms with E-state index < -0.39 is 0 Å². The third-order valence-electron chi connectivity index (χ3n) is 2.50. The molecule has 68 valence electrons. The van der Waals surface area contributed by atoms with E-state index in [9.17, 15) is 0 Å². The second-order valence-corrected chi connectivity index (χ2v) is 3.42. The molecule has 0 atom stereocenters. The minimum atomic E-state index is 0.0360. The molecule has 0 unspecified atom stereocenters. The van der Waals surface area contributed by atoms with Crippen LogP contribution in [0.15, 0.2) is 17.1 Å². The summed E-state index contributed by atoms with van der Waals surface area (Å²) in [6.07, 6.45) is 2.08. The Hall–Kier alpha value is -0.790. The molecule has 12 heavy (non-hydrogen) atoms. The van der Waals surface area contributed by atoms with Crippen molar-refractivity contribution in [3.8, 4) is 0 Å². The average Bonchev–Trinajstić information content (AvgIpc) is 2.49. The molecule has 0 N–H and O–H groups in total.